The number of rotatable bonds is 4. The van der Waals surface area contributed by atoms with Gasteiger partial charge in [-0.1, -0.05) is 24.3 Å². The Morgan fingerprint density at radius 1 is 1.47 bits per heavy atom. The van der Waals surface area contributed by atoms with Crippen molar-refractivity contribution in [2.24, 2.45) is 0 Å². The van der Waals surface area contributed by atoms with Crippen LogP contribution < -0.4 is 0 Å². The molecule has 0 fully saturated rings. The topological polar surface area (TPSA) is 46.5 Å². The van der Waals surface area contributed by atoms with Crippen molar-refractivity contribution in [2.75, 3.05) is 6.61 Å². The van der Waals surface area contributed by atoms with Crippen LogP contribution in [0.25, 0.3) is 0 Å². The van der Waals surface area contributed by atoms with Crippen LogP contribution in [0.15, 0.2) is 24.3 Å². The summed E-state index contributed by atoms with van der Waals surface area (Å²) < 4.78 is 4.88. The first kappa shape index (κ1) is 12.1. The molecule has 1 aromatic carbocycles. The minimum atomic E-state index is -0.844. The van der Waals surface area contributed by atoms with Crippen molar-refractivity contribution in [3.05, 3.63) is 35.4 Å². The van der Waals surface area contributed by atoms with Crippen LogP contribution >= 0.6 is 0 Å². The molecule has 0 amide bonds. The summed E-state index contributed by atoms with van der Waals surface area (Å²) in [6, 6.07) is 7.90. The van der Waals surface area contributed by atoms with E-state index in [1.807, 2.05) is 24.3 Å². The summed E-state index contributed by atoms with van der Waals surface area (Å²) in [7, 11) is 0. The molecule has 0 aliphatic heterocycles. The van der Waals surface area contributed by atoms with E-state index in [1.165, 1.54) is 5.56 Å². The summed E-state index contributed by atoms with van der Waals surface area (Å²) in [5.41, 5.74) is 1.33. The van der Waals surface area contributed by atoms with E-state index in [2.05, 4.69) is 0 Å². The minimum Gasteiger partial charge on any atom is -0.466 e. The van der Waals surface area contributed by atoms with Gasteiger partial charge >= 0.3 is 5.97 Å². The average Bonchev–Trinajstić information content (AvgIpc) is 2.67. The first-order valence-electron chi connectivity index (χ1n) is 6.12. The molecule has 1 unspecified atom stereocenters. The highest BCUT2D eigenvalue weighted by Gasteiger charge is 2.36. The number of esters is 1. The molecule has 1 aromatic rings. The van der Waals surface area contributed by atoms with Crippen molar-refractivity contribution in [3.63, 3.8) is 0 Å². The third-order valence-corrected chi connectivity index (χ3v) is 3.37. The SMILES string of the molecule is CCOC(=O)CCC1(O)CCc2ccccc21. The quantitative estimate of drug-likeness (QED) is 0.812. The number of ether oxygens (including phenoxy) is 1. The molecule has 0 spiro atoms. The minimum absolute atomic E-state index is 0.231. The summed E-state index contributed by atoms with van der Waals surface area (Å²) in [4.78, 5) is 11.3. The van der Waals surface area contributed by atoms with E-state index in [9.17, 15) is 9.90 Å². The van der Waals surface area contributed by atoms with E-state index in [0.717, 1.165) is 12.0 Å². The first-order chi connectivity index (χ1) is 8.15. The number of benzene rings is 1. The van der Waals surface area contributed by atoms with Crippen LogP contribution in [0.2, 0.25) is 0 Å². The maximum Gasteiger partial charge on any atom is 0.305 e. The predicted molar refractivity (Wildman–Crippen MR) is 64.5 cm³/mol. The van der Waals surface area contributed by atoms with Crippen molar-refractivity contribution >= 4 is 5.97 Å². The Kier molecular flexibility index (Phi) is 3.48. The van der Waals surface area contributed by atoms with Gasteiger partial charge in [0.15, 0.2) is 0 Å². The average molecular weight is 234 g/mol. The molecule has 17 heavy (non-hydrogen) atoms. The zero-order valence-electron chi connectivity index (χ0n) is 10.1. The van der Waals surface area contributed by atoms with Crippen molar-refractivity contribution in [1.82, 2.24) is 0 Å². The van der Waals surface area contributed by atoms with Gasteiger partial charge in [-0.25, -0.2) is 0 Å². The predicted octanol–water partition coefficient (Wildman–Crippen LogP) is 2.16. The van der Waals surface area contributed by atoms with E-state index in [-0.39, 0.29) is 12.4 Å². The molecule has 0 heterocycles. The third kappa shape index (κ3) is 2.50. The maximum atomic E-state index is 11.3. The van der Waals surface area contributed by atoms with Gasteiger partial charge in [0.1, 0.15) is 0 Å². The molecular weight excluding hydrogens is 216 g/mol. The van der Waals surface area contributed by atoms with Crippen LogP contribution in [0.5, 0.6) is 0 Å². The van der Waals surface area contributed by atoms with Crippen LogP contribution in [-0.2, 0) is 21.6 Å². The number of aryl methyl sites for hydroxylation is 1. The zero-order valence-corrected chi connectivity index (χ0v) is 10.1. The molecule has 1 N–H and O–H groups in total. The van der Waals surface area contributed by atoms with Gasteiger partial charge in [0.25, 0.3) is 0 Å². The Bertz CT molecular complexity index is 414. The Balaban J connectivity index is 2.04. The lowest BCUT2D eigenvalue weighted by atomic mass is 9.91. The Morgan fingerprint density at radius 3 is 3.00 bits per heavy atom. The molecule has 2 rings (SSSR count). The first-order valence-corrected chi connectivity index (χ1v) is 6.12. The van der Waals surface area contributed by atoms with Gasteiger partial charge < -0.3 is 9.84 Å². The number of carbonyl (C=O) groups is 1. The molecule has 3 heteroatoms. The lowest BCUT2D eigenvalue weighted by molar-refractivity contribution is -0.144. The van der Waals surface area contributed by atoms with Crippen LogP contribution in [0.1, 0.15) is 37.3 Å². The standard InChI is InChI=1S/C14H18O3/c1-2-17-13(15)8-10-14(16)9-7-11-5-3-4-6-12(11)14/h3-6,16H,2,7-10H2,1H3. The van der Waals surface area contributed by atoms with E-state index >= 15 is 0 Å². The number of fused-ring (bicyclic) bond motifs is 1. The molecule has 0 aromatic heterocycles. The summed E-state index contributed by atoms with van der Waals surface area (Å²) >= 11 is 0. The fourth-order valence-electron chi connectivity index (χ4n) is 2.47. The number of carbonyl (C=O) groups excluding carboxylic acids is 1. The van der Waals surface area contributed by atoms with E-state index in [1.54, 1.807) is 6.92 Å². The second kappa shape index (κ2) is 4.88. The lowest BCUT2D eigenvalue weighted by Crippen LogP contribution is -2.23. The monoisotopic (exact) mass is 234 g/mol. The Morgan fingerprint density at radius 2 is 2.24 bits per heavy atom. The number of hydrogen-bond acceptors (Lipinski definition) is 3. The van der Waals surface area contributed by atoms with E-state index < -0.39 is 5.60 Å². The maximum absolute atomic E-state index is 11.3. The molecular formula is C14H18O3. The summed E-state index contributed by atoms with van der Waals surface area (Å²) in [5.74, 6) is -0.231. The fourth-order valence-corrected chi connectivity index (χ4v) is 2.47. The van der Waals surface area contributed by atoms with Crippen molar-refractivity contribution in [3.8, 4) is 0 Å². The second-order valence-electron chi connectivity index (χ2n) is 4.49. The third-order valence-electron chi connectivity index (χ3n) is 3.37. The molecule has 0 radical (unpaired) electrons. The van der Waals surface area contributed by atoms with Gasteiger partial charge in [0, 0.05) is 6.42 Å². The highest BCUT2D eigenvalue weighted by Crippen LogP contribution is 2.39. The smallest absolute Gasteiger partial charge is 0.305 e. The Labute approximate surface area is 101 Å². The molecule has 92 valence electrons. The van der Waals surface area contributed by atoms with E-state index in [0.29, 0.717) is 19.4 Å². The van der Waals surface area contributed by atoms with Gasteiger partial charge in [-0.15, -0.1) is 0 Å². The second-order valence-corrected chi connectivity index (χ2v) is 4.49. The van der Waals surface area contributed by atoms with Crippen LogP contribution in [-0.4, -0.2) is 17.7 Å². The highest BCUT2D eigenvalue weighted by atomic mass is 16.5. The molecule has 1 atom stereocenters. The van der Waals surface area contributed by atoms with Crippen molar-refractivity contribution < 1.29 is 14.6 Å². The highest BCUT2D eigenvalue weighted by molar-refractivity contribution is 5.69. The fraction of sp³-hybridized carbons (Fsp3) is 0.500. The van der Waals surface area contributed by atoms with Gasteiger partial charge in [-0.05, 0) is 37.3 Å². The molecule has 0 saturated carbocycles. The van der Waals surface area contributed by atoms with Crippen LogP contribution in [0.3, 0.4) is 0 Å². The molecule has 0 saturated heterocycles. The molecule has 0 bridgehead atoms. The van der Waals surface area contributed by atoms with E-state index in [4.69, 9.17) is 4.74 Å². The molecule has 1 aliphatic rings. The molecule has 1 aliphatic carbocycles. The zero-order chi connectivity index (χ0) is 12.3. The summed E-state index contributed by atoms with van der Waals surface area (Å²) in [5, 5.41) is 10.6. The summed E-state index contributed by atoms with van der Waals surface area (Å²) in [6.45, 7) is 2.19. The summed E-state index contributed by atoms with van der Waals surface area (Å²) in [6.07, 6.45) is 2.31. The van der Waals surface area contributed by atoms with Crippen LogP contribution in [0.4, 0.5) is 0 Å². The largest absolute Gasteiger partial charge is 0.466 e. The van der Waals surface area contributed by atoms with Gasteiger partial charge in [0.2, 0.25) is 0 Å². The van der Waals surface area contributed by atoms with Crippen molar-refractivity contribution in [1.29, 1.82) is 0 Å². The normalized spacial score (nSPS) is 22.2. The van der Waals surface area contributed by atoms with Crippen molar-refractivity contribution in [2.45, 2.75) is 38.2 Å². The number of hydrogen-bond donors (Lipinski definition) is 1. The molecule has 3 nitrogen and oxygen atoms in total. The van der Waals surface area contributed by atoms with Gasteiger partial charge in [-0.2, -0.15) is 0 Å². The lowest BCUT2D eigenvalue weighted by Gasteiger charge is -2.23. The van der Waals surface area contributed by atoms with Gasteiger partial charge in [-0.3, -0.25) is 4.79 Å². The van der Waals surface area contributed by atoms with Crippen LogP contribution in [0, 0.1) is 0 Å². The number of aliphatic hydroxyl groups is 1. The van der Waals surface area contributed by atoms with Gasteiger partial charge in [0.05, 0.1) is 12.2 Å². The Hall–Kier alpha value is -1.35.